The Hall–Kier alpha value is -6.54. The van der Waals surface area contributed by atoms with Crippen molar-refractivity contribution in [2.75, 3.05) is 16.0 Å². The minimum absolute atomic E-state index is 0.102. The maximum Gasteiger partial charge on any atom is 0.295 e. The van der Waals surface area contributed by atoms with Gasteiger partial charge in [-0.2, -0.15) is 25.3 Å². The number of carbonyl (C=O) groups excluding carboxylic acids is 3. The maximum atomic E-state index is 13.9. The second-order valence-corrected chi connectivity index (χ2v) is 16.7. The van der Waals surface area contributed by atoms with Crippen molar-refractivity contribution in [1.82, 2.24) is 0 Å². The number of hydrogen-bond acceptors (Lipinski definition) is 9. The van der Waals surface area contributed by atoms with Crippen LogP contribution in [0.5, 0.6) is 0 Å². The molecule has 0 aliphatic heterocycles. The molecular weight excluding hydrogens is 799 g/mol. The van der Waals surface area contributed by atoms with E-state index in [9.17, 15) is 53.3 Å². The molecule has 0 unspecified atom stereocenters. The lowest BCUT2D eigenvalue weighted by Gasteiger charge is -2.15. The summed E-state index contributed by atoms with van der Waals surface area (Å²) < 4.78 is 102. The highest BCUT2D eigenvalue weighted by Gasteiger charge is 2.23. The summed E-state index contributed by atoms with van der Waals surface area (Å²) >= 11 is 0. The third-order valence-corrected chi connectivity index (χ3v) is 11.7. The molecule has 0 radical (unpaired) electrons. The molecule has 6 N–H and O–H groups in total. The van der Waals surface area contributed by atoms with Gasteiger partial charge in [0.2, 0.25) is 0 Å². The lowest BCUT2D eigenvalue weighted by molar-refractivity contribution is 0.102. The van der Waals surface area contributed by atoms with Crippen LogP contribution < -0.4 is 16.0 Å². The Labute approximate surface area is 324 Å². The average Bonchev–Trinajstić information content (AvgIpc) is 3.16. The largest absolute Gasteiger partial charge is 0.321 e. The topological polar surface area (TPSA) is 250 Å². The van der Waals surface area contributed by atoms with Gasteiger partial charge in [-0.25, -0.2) is 0 Å². The van der Waals surface area contributed by atoms with Crippen LogP contribution in [0.1, 0.15) is 31.1 Å². The predicted octanol–water partition coefficient (Wildman–Crippen LogP) is 6.64. The number of nitrogens with one attached hydrogen (secondary N) is 3. The molecule has 7 rings (SSSR count). The van der Waals surface area contributed by atoms with Gasteiger partial charge in [0.25, 0.3) is 48.1 Å². The van der Waals surface area contributed by atoms with Gasteiger partial charge in [0.1, 0.15) is 14.7 Å². The van der Waals surface area contributed by atoms with Gasteiger partial charge in [-0.3, -0.25) is 28.0 Å². The van der Waals surface area contributed by atoms with Crippen LogP contribution in [0.2, 0.25) is 0 Å². The number of benzene rings is 7. The molecule has 0 aliphatic carbocycles. The highest BCUT2D eigenvalue weighted by atomic mass is 32.2. The summed E-state index contributed by atoms with van der Waals surface area (Å²) in [6.07, 6.45) is 0. The predicted molar refractivity (Wildman–Crippen MR) is 212 cm³/mol. The van der Waals surface area contributed by atoms with E-state index < -0.39 is 62.8 Å². The molecule has 0 bridgehead atoms. The summed E-state index contributed by atoms with van der Waals surface area (Å²) in [5.41, 5.74) is -0.268. The van der Waals surface area contributed by atoms with Crippen molar-refractivity contribution in [1.29, 1.82) is 0 Å². The average molecular weight is 826 g/mol. The number of hydrogen-bond donors (Lipinski definition) is 6. The molecule has 0 fully saturated rings. The molecule has 18 heteroatoms. The first-order valence-electron chi connectivity index (χ1n) is 16.5. The van der Waals surface area contributed by atoms with Gasteiger partial charge < -0.3 is 16.0 Å². The standard InChI is InChI=1S/C39H27N3O12S3/c43-37(40-31-13-16-34(55(46,47)48)28-10-4-1-7-25(28)31)22-19-23(38(44)41-32-14-17-35(56(49,50)51)29-11-5-2-8-26(29)32)21-24(20-22)39(45)42-33-15-18-36(57(52,53)54)30-12-6-3-9-27(30)33/h1-21H,(H,40,43)(H,41,44)(H,42,45)(H,46,47,48)(H,49,50,51)(H,52,53,54). The Bertz CT molecular complexity index is 2850. The highest BCUT2D eigenvalue weighted by Crippen LogP contribution is 2.33. The number of amides is 3. The van der Waals surface area contributed by atoms with Crippen LogP contribution in [0, 0.1) is 0 Å². The Morgan fingerprint density at radius 1 is 0.351 bits per heavy atom. The summed E-state index contributed by atoms with van der Waals surface area (Å²) in [5, 5.41) is 9.02. The maximum absolute atomic E-state index is 13.9. The second-order valence-electron chi connectivity index (χ2n) is 12.6. The third kappa shape index (κ3) is 7.81. The van der Waals surface area contributed by atoms with E-state index in [1.54, 1.807) is 18.2 Å². The fourth-order valence-corrected chi connectivity index (χ4v) is 8.51. The van der Waals surface area contributed by atoms with Crippen molar-refractivity contribution in [3.05, 3.63) is 144 Å². The molecule has 7 aromatic rings. The van der Waals surface area contributed by atoms with Gasteiger partial charge in [0, 0.05) is 66.1 Å². The molecule has 7 aromatic carbocycles. The molecule has 0 saturated carbocycles. The van der Waals surface area contributed by atoms with Gasteiger partial charge >= 0.3 is 0 Å². The Morgan fingerprint density at radius 3 is 0.807 bits per heavy atom. The van der Waals surface area contributed by atoms with Crippen molar-refractivity contribution in [3.8, 4) is 0 Å². The summed E-state index contributed by atoms with van der Waals surface area (Å²) in [7, 11) is -13.9. The summed E-state index contributed by atoms with van der Waals surface area (Å²) in [5.74, 6) is -2.52. The zero-order chi connectivity index (χ0) is 40.9. The summed E-state index contributed by atoms with van der Waals surface area (Å²) in [6, 6.07) is 28.8. The van der Waals surface area contributed by atoms with Gasteiger partial charge in [-0.05, 0) is 54.6 Å². The first-order chi connectivity index (χ1) is 26.9. The van der Waals surface area contributed by atoms with Crippen molar-refractivity contribution < 1.29 is 53.3 Å². The van der Waals surface area contributed by atoms with E-state index in [2.05, 4.69) is 16.0 Å². The van der Waals surface area contributed by atoms with Crippen LogP contribution in [0.15, 0.2) is 142 Å². The van der Waals surface area contributed by atoms with Crippen LogP contribution in [0.4, 0.5) is 17.1 Å². The van der Waals surface area contributed by atoms with Gasteiger partial charge in [0.05, 0.1) is 0 Å². The van der Waals surface area contributed by atoms with E-state index in [1.807, 2.05) is 0 Å². The quantitative estimate of drug-likeness (QED) is 0.0838. The van der Waals surface area contributed by atoms with Crippen molar-refractivity contribution in [3.63, 3.8) is 0 Å². The molecule has 0 aliphatic rings. The van der Waals surface area contributed by atoms with E-state index in [1.165, 1.54) is 91.0 Å². The molecule has 0 atom stereocenters. The third-order valence-electron chi connectivity index (χ3n) is 8.95. The van der Waals surface area contributed by atoms with Crippen molar-refractivity contribution in [2.24, 2.45) is 0 Å². The number of rotatable bonds is 9. The number of fused-ring (bicyclic) bond motifs is 3. The Kier molecular flexibility index (Phi) is 9.86. The van der Waals surface area contributed by atoms with Gasteiger partial charge in [0.15, 0.2) is 0 Å². The minimum Gasteiger partial charge on any atom is -0.321 e. The SMILES string of the molecule is O=C(Nc1ccc(S(=O)(=O)O)c2ccccc12)c1cc(C(=O)Nc2ccc(S(=O)(=O)O)c3ccccc23)cc(C(=O)Nc2ccc(S(=O)(=O)O)c3ccccc23)c1. The zero-order valence-electron chi connectivity index (χ0n) is 28.9. The molecule has 0 saturated heterocycles. The van der Waals surface area contributed by atoms with Gasteiger partial charge in [-0.1, -0.05) is 72.8 Å². The van der Waals surface area contributed by atoms with Gasteiger partial charge in [-0.15, -0.1) is 0 Å². The smallest absolute Gasteiger partial charge is 0.295 e. The van der Waals surface area contributed by atoms with Crippen LogP contribution in [-0.2, 0) is 30.4 Å². The first-order valence-corrected chi connectivity index (χ1v) is 20.8. The fraction of sp³-hybridized carbons (Fsp3) is 0. The second kappa shape index (κ2) is 14.5. The normalized spacial score (nSPS) is 12.1. The van der Waals surface area contributed by atoms with E-state index in [-0.39, 0.29) is 66.1 Å². The highest BCUT2D eigenvalue weighted by molar-refractivity contribution is 7.86. The Balaban J connectivity index is 1.30. The van der Waals surface area contributed by atoms with Crippen molar-refractivity contribution >= 4 is 97.5 Å². The van der Waals surface area contributed by atoms with E-state index >= 15 is 0 Å². The summed E-state index contributed by atoms with van der Waals surface area (Å²) in [6.45, 7) is 0. The molecule has 288 valence electrons. The molecule has 0 aromatic heterocycles. The number of carbonyl (C=O) groups is 3. The zero-order valence-corrected chi connectivity index (χ0v) is 31.3. The minimum atomic E-state index is -4.64. The first kappa shape index (κ1) is 38.7. The molecule has 57 heavy (non-hydrogen) atoms. The molecular formula is C39H27N3O12S3. The summed E-state index contributed by atoms with van der Waals surface area (Å²) in [4.78, 5) is 40.5. The van der Waals surface area contributed by atoms with Crippen molar-refractivity contribution in [2.45, 2.75) is 14.7 Å². The van der Waals surface area contributed by atoms with Crippen LogP contribution >= 0.6 is 0 Å². The number of anilines is 3. The monoisotopic (exact) mass is 825 g/mol. The molecule has 3 amide bonds. The van der Waals surface area contributed by atoms with E-state index in [4.69, 9.17) is 0 Å². The van der Waals surface area contributed by atoms with Crippen LogP contribution in [0.3, 0.4) is 0 Å². The van der Waals surface area contributed by atoms with Crippen LogP contribution in [0.25, 0.3) is 32.3 Å². The van der Waals surface area contributed by atoms with Crippen LogP contribution in [-0.4, -0.2) is 56.6 Å². The van der Waals surface area contributed by atoms with E-state index in [0.717, 1.165) is 18.2 Å². The van der Waals surface area contributed by atoms with E-state index in [0.29, 0.717) is 0 Å². The Morgan fingerprint density at radius 2 is 0.579 bits per heavy atom. The molecule has 0 heterocycles. The molecule has 15 nitrogen and oxygen atoms in total. The molecule has 0 spiro atoms. The lowest BCUT2D eigenvalue weighted by Crippen LogP contribution is -2.20. The lowest BCUT2D eigenvalue weighted by atomic mass is 10.0. The fourth-order valence-electron chi connectivity index (χ4n) is 6.42.